The number of pyridine rings is 2. The van der Waals surface area contributed by atoms with E-state index >= 15 is 0 Å². The molecule has 0 fully saturated rings. The first-order chi connectivity index (χ1) is 16.6. The van der Waals surface area contributed by atoms with E-state index in [-0.39, 0.29) is 16.9 Å². The lowest BCUT2D eigenvalue weighted by Gasteiger charge is -2.19. The monoisotopic (exact) mass is 482 g/mol. The van der Waals surface area contributed by atoms with Crippen molar-refractivity contribution in [3.05, 3.63) is 51.9 Å². The van der Waals surface area contributed by atoms with Crippen molar-refractivity contribution in [2.45, 2.75) is 20.1 Å². The number of carbonyl (C=O) groups excluding carboxylic acids is 2. The summed E-state index contributed by atoms with van der Waals surface area (Å²) < 4.78 is 6.70. The number of carbonyl (C=O) groups is 2. The summed E-state index contributed by atoms with van der Waals surface area (Å²) >= 11 is 0. The number of aryl methyl sites for hydroxylation is 1. The zero-order valence-electron chi connectivity index (χ0n) is 21.2. The van der Waals surface area contributed by atoms with Crippen LogP contribution in [0.5, 0.6) is 0 Å². The van der Waals surface area contributed by atoms with Crippen LogP contribution in [0.4, 0.5) is 4.79 Å². The van der Waals surface area contributed by atoms with Crippen LogP contribution in [0.2, 0.25) is 0 Å². The first-order valence-electron chi connectivity index (χ1n) is 11.6. The molecule has 3 rings (SSSR count). The van der Waals surface area contributed by atoms with Gasteiger partial charge >= 0.3 is 6.09 Å². The molecule has 0 saturated carbocycles. The number of fused-ring (bicyclic) bond motifs is 2. The lowest BCUT2D eigenvalue weighted by atomic mass is 10.1. The zero-order valence-corrected chi connectivity index (χ0v) is 21.2. The minimum Gasteiger partial charge on any atom is -0.425 e. The molecule has 1 aromatic carbocycles. The van der Waals surface area contributed by atoms with Gasteiger partial charge in [-0.2, -0.15) is 0 Å². The van der Waals surface area contributed by atoms with Crippen molar-refractivity contribution < 1.29 is 14.3 Å². The highest BCUT2D eigenvalue weighted by molar-refractivity contribution is 6.07. The Morgan fingerprint density at radius 2 is 1.71 bits per heavy atom. The predicted molar refractivity (Wildman–Crippen MR) is 137 cm³/mol. The molecule has 0 spiro atoms. The molecule has 0 aliphatic heterocycles. The van der Waals surface area contributed by atoms with Crippen molar-refractivity contribution in [2.75, 3.05) is 54.4 Å². The van der Waals surface area contributed by atoms with Gasteiger partial charge in [0.1, 0.15) is 0 Å². The Kier molecular flexibility index (Phi) is 8.42. The highest BCUT2D eigenvalue weighted by Crippen LogP contribution is 2.23. The van der Waals surface area contributed by atoms with Crippen LogP contribution in [0, 0.1) is 6.92 Å². The summed E-state index contributed by atoms with van der Waals surface area (Å²) in [7, 11) is 7.63. The summed E-state index contributed by atoms with van der Waals surface area (Å²) in [6, 6.07) is 7.44. The highest BCUT2D eigenvalue weighted by atomic mass is 16.6. The maximum atomic E-state index is 13.4. The van der Waals surface area contributed by atoms with Crippen molar-refractivity contribution in [3.8, 4) is 0 Å². The molecule has 1 unspecified atom stereocenters. The minimum absolute atomic E-state index is 0.243. The largest absolute Gasteiger partial charge is 0.425 e. The molecule has 0 bridgehead atoms. The van der Waals surface area contributed by atoms with Gasteiger partial charge < -0.3 is 25.2 Å². The SMILES string of the molecule is Cc1cccc2cc3c(=O)n(C(C)OC(=O)NCCN(C)C)cc(C(=O)NCCN(C)C)c3nc12. The van der Waals surface area contributed by atoms with E-state index in [4.69, 9.17) is 9.72 Å². The van der Waals surface area contributed by atoms with Gasteiger partial charge in [0.25, 0.3) is 11.5 Å². The topological polar surface area (TPSA) is 109 Å². The number of benzene rings is 1. The molecule has 35 heavy (non-hydrogen) atoms. The fourth-order valence-electron chi connectivity index (χ4n) is 3.67. The molecule has 0 saturated heterocycles. The van der Waals surface area contributed by atoms with E-state index in [1.807, 2.05) is 63.1 Å². The molecular weight excluding hydrogens is 448 g/mol. The van der Waals surface area contributed by atoms with Gasteiger partial charge in [0, 0.05) is 37.8 Å². The predicted octanol–water partition coefficient (Wildman–Crippen LogP) is 1.96. The summed E-state index contributed by atoms with van der Waals surface area (Å²) in [5.41, 5.74) is 1.84. The fraction of sp³-hybridized carbons (Fsp3) is 0.440. The number of hydrogen-bond acceptors (Lipinski definition) is 7. The second-order valence-corrected chi connectivity index (χ2v) is 9.08. The number of para-hydroxylation sites is 1. The Labute approximate surface area is 204 Å². The van der Waals surface area contributed by atoms with Crippen LogP contribution < -0.4 is 16.2 Å². The summed E-state index contributed by atoms with van der Waals surface area (Å²) in [6.07, 6.45) is -0.159. The number of ether oxygens (including phenoxy) is 1. The number of rotatable bonds is 9. The molecule has 10 nitrogen and oxygen atoms in total. The average Bonchev–Trinajstić information content (AvgIpc) is 2.78. The van der Waals surface area contributed by atoms with Gasteiger partial charge in [0.15, 0.2) is 6.23 Å². The van der Waals surface area contributed by atoms with E-state index < -0.39 is 17.9 Å². The van der Waals surface area contributed by atoms with Gasteiger partial charge in [-0.25, -0.2) is 9.78 Å². The van der Waals surface area contributed by atoms with Crippen LogP contribution in [-0.4, -0.2) is 85.7 Å². The molecule has 0 radical (unpaired) electrons. The van der Waals surface area contributed by atoms with E-state index in [2.05, 4.69) is 10.6 Å². The van der Waals surface area contributed by atoms with Gasteiger partial charge in [0.2, 0.25) is 0 Å². The van der Waals surface area contributed by atoms with E-state index in [9.17, 15) is 14.4 Å². The van der Waals surface area contributed by atoms with Crippen molar-refractivity contribution in [2.24, 2.45) is 0 Å². The molecule has 2 aromatic heterocycles. The van der Waals surface area contributed by atoms with Gasteiger partial charge in [-0.15, -0.1) is 0 Å². The van der Waals surface area contributed by atoms with Crippen molar-refractivity contribution in [1.82, 2.24) is 30.0 Å². The lowest BCUT2D eigenvalue weighted by molar-refractivity contribution is 0.0657. The summed E-state index contributed by atoms with van der Waals surface area (Å²) in [4.78, 5) is 47.4. The third-order valence-corrected chi connectivity index (χ3v) is 5.62. The van der Waals surface area contributed by atoms with Crippen LogP contribution in [0.15, 0.2) is 35.3 Å². The van der Waals surface area contributed by atoms with Gasteiger partial charge in [-0.05, 0) is 53.7 Å². The lowest BCUT2D eigenvalue weighted by Crippen LogP contribution is -2.36. The smallest absolute Gasteiger partial charge is 0.409 e. The number of aromatic nitrogens is 2. The molecule has 3 aromatic rings. The number of amides is 2. The number of hydrogen-bond donors (Lipinski definition) is 2. The first kappa shape index (κ1) is 26.1. The zero-order chi connectivity index (χ0) is 25.7. The van der Waals surface area contributed by atoms with E-state index in [0.717, 1.165) is 16.5 Å². The van der Waals surface area contributed by atoms with Crippen molar-refractivity contribution in [3.63, 3.8) is 0 Å². The third-order valence-electron chi connectivity index (χ3n) is 5.62. The highest BCUT2D eigenvalue weighted by Gasteiger charge is 2.21. The minimum atomic E-state index is -0.937. The molecule has 0 aliphatic carbocycles. The Hall–Kier alpha value is -3.50. The number of nitrogens with one attached hydrogen (secondary N) is 2. The van der Waals surface area contributed by atoms with Crippen molar-refractivity contribution in [1.29, 1.82) is 0 Å². The number of likely N-dealkylation sites (N-methyl/N-ethyl adjacent to an activating group) is 2. The van der Waals surface area contributed by atoms with Gasteiger partial charge in [0.05, 0.1) is 22.0 Å². The van der Waals surface area contributed by atoms with E-state index in [1.54, 1.807) is 13.0 Å². The summed E-state index contributed by atoms with van der Waals surface area (Å²) in [5.74, 6) is -0.353. The quantitative estimate of drug-likeness (QED) is 0.449. The average molecular weight is 483 g/mol. The van der Waals surface area contributed by atoms with Crippen LogP contribution in [0.3, 0.4) is 0 Å². The van der Waals surface area contributed by atoms with E-state index in [0.29, 0.717) is 31.7 Å². The third kappa shape index (κ3) is 6.34. The molecule has 2 amide bonds. The Bertz CT molecular complexity index is 1280. The summed E-state index contributed by atoms with van der Waals surface area (Å²) in [6.45, 7) is 5.66. The van der Waals surface area contributed by atoms with Crippen LogP contribution in [-0.2, 0) is 4.74 Å². The second kappa shape index (κ2) is 11.3. The normalized spacial score (nSPS) is 12.3. The maximum Gasteiger partial charge on any atom is 0.409 e. The molecule has 1 atom stereocenters. The van der Waals surface area contributed by atoms with Gasteiger partial charge in [-0.1, -0.05) is 18.2 Å². The van der Waals surface area contributed by atoms with Crippen molar-refractivity contribution >= 4 is 33.8 Å². The van der Waals surface area contributed by atoms with E-state index in [1.165, 1.54) is 10.8 Å². The standard InChI is InChI=1S/C25H34N6O4/c1-16-8-7-9-18-14-19-22(28-21(16)18)20(23(32)26-10-12-29(3)4)15-31(24(19)33)17(2)35-25(34)27-11-13-30(5)6/h7-9,14-15,17H,10-13H2,1-6H3,(H,26,32)(H,27,34). The molecule has 10 heteroatoms. The maximum absolute atomic E-state index is 13.4. The first-order valence-corrected chi connectivity index (χ1v) is 11.6. The fourth-order valence-corrected chi connectivity index (χ4v) is 3.67. The second-order valence-electron chi connectivity index (χ2n) is 9.08. The molecule has 188 valence electrons. The summed E-state index contributed by atoms with van der Waals surface area (Å²) in [5, 5.41) is 6.63. The number of nitrogens with zero attached hydrogens (tertiary/aromatic N) is 4. The van der Waals surface area contributed by atoms with Crippen LogP contribution in [0.25, 0.3) is 21.8 Å². The Morgan fingerprint density at radius 3 is 2.37 bits per heavy atom. The molecular formula is C25H34N6O4. The molecule has 0 aliphatic rings. The van der Waals surface area contributed by atoms with Gasteiger partial charge in [-0.3, -0.25) is 14.2 Å². The Morgan fingerprint density at radius 1 is 1.06 bits per heavy atom. The van der Waals surface area contributed by atoms with Crippen LogP contribution in [0.1, 0.15) is 29.1 Å². The Balaban J connectivity index is 2.04. The van der Waals surface area contributed by atoms with Crippen LogP contribution >= 0.6 is 0 Å². The number of alkyl carbamates (subject to hydrolysis) is 1. The molecule has 2 heterocycles. The molecule has 2 N–H and O–H groups in total.